The minimum absolute atomic E-state index is 0.0539. The molecule has 2 N–H and O–H groups in total. The summed E-state index contributed by atoms with van der Waals surface area (Å²) >= 11 is 0. The van der Waals surface area contributed by atoms with Gasteiger partial charge in [0, 0.05) is 19.0 Å². The Balaban J connectivity index is 1.94. The van der Waals surface area contributed by atoms with Gasteiger partial charge in [-0.15, -0.1) is 0 Å². The van der Waals surface area contributed by atoms with Crippen LogP contribution >= 0.6 is 0 Å². The number of hydrogen-bond acceptors (Lipinski definition) is 6. The lowest BCUT2D eigenvalue weighted by Gasteiger charge is -2.10. The Bertz CT molecular complexity index is 942. The highest BCUT2D eigenvalue weighted by Crippen LogP contribution is 2.25. The fourth-order valence-electron chi connectivity index (χ4n) is 2.31. The lowest BCUT2D eigenvalue weighted by molar-refractivity contribution is -0.385. The molecule has 0 spiro atoms. The van der Waals surface area contributed by atoms with Crippen LogP contribution in [-0.2, 0) is 14.8 Å². The van der Waals surface area contributed by atoms with E-state index >= 15 is 0 Å². The summed E-state index contributed by atoms with van der Waals surface area (Å²) < 4.78 is 31.7. The van der Waals surface area contributed by atoms with Crippen LogP contribution in [0.1, 0.15) is 12.0 Å². The summed E-state index contributed by atoms with van der Waals surface area (Å²) in [5.41, 5.74) is 0.537. The van der Waals surface area contributed by atoms with E-state index < -0.39 is 20.9 Å². The highest BCUT2D eigenvalue weighted by molar-refractivity contribution is 7.89. The summed E-state index contributed by atoms with van der Waals surface area (Å²) in [6.07, 6.45) is -0.127. The molecule has 0 radical (unpaired) electrons. The number of ether oxygens (including phenoxy) is 1. The summed E-state index contributed by atoms with van der Waals surface area (Å²) in [6, 6.07) is 10.2. The van der Waals surface area contributed by atoms with Crippen molar-refractivity contribution in [2.24, 2.45) is 0 Å². The summed E-state index contributed by atoms with van der Waals surface area (Å²) in [6.45, 7) is 1.41. The number of carbonyl (C=O) groups excluding carboxylic acids is 1. The van der Waals surface area contributed by atoms with Crippen LogP contribution in [0.2, 0.25) is 0 Å². The van der Waals surface area contributed by atoms with Gasteiger partial charge in [-0.05, 0) is 37.3 Å². The zero-order valence-electron chi connectivity index (χ0n) is 14.8. The van der Waals surface area contributed by atoms with E-state index in [0.717, 1.165) is 0 Å². The first-order valence-electron chi connectivity index (χ1n) is 7.92. The van der Waals surface area contributed by atoms with Crippen LogP contribution in [0.4, 0.5) is 11.4 Å². The predicted octanol–water partition coefficient (Wildman–Crippen LogP) is 2.22. The molecule has 0 fully saturated rings. The molecule has 1 amide bonds. The minimum Gasteiger partial charge on any atom is -0.497 e. The molecule has 0 aliphatic heterocycles. The third kappa shape index (κ3) is 5.25. The number of nitro benzene ring substituents is 1. The van der Waals surface area contributed by atoms with Gasteiger partial charge in [-0.25, -0.2) is 13.1 Å². The standard InChI is InChI=1S/C17H19N3O6S/c1-12-15(4-3-5-16(12)20(22)23)19-17(21)10-11-18-27(24,25)14-8-6-13(26-2)7-9-14/h3-9,18H,10-11H2,1-2H3,(H,19,21). The van der Waals surface area contributed by atoms with Crippen molar-refractivity contribution in [3.8, 4) is 5.75 Å². The average Bonchev–Trinajstić information content (AvgIpc) is 2.63. The number of benzene rings is 2. The zero-order valence-corrected chi connectivity index (χ0v) is 15.6. The number of nitrogens with zero attached hydrogens (tertiary/aromatic N) is 1. The van der Waals surface area contributed by atoms with E-state index in [1.54, 1.807) is 6.07 Å². The van der Waals surface area contributed by atoms with E-state index in [1.165, 1.54) is 50.4 Å². The topological polar surface area (TPSA) is 128 Å². The normalized spacial score (nSPS) is 11.0. The number of hydrogen-bond donors (Lipinski definition) is 2. The first-order valence-corrected chi connectivity index (χ1v) is 9.40. The molecule has 0 aliphatic carbocycles. The van der Waals surface area contributed by atoms with Crippen molar-refractivity contribution in [2.45, 2.75) is 18.2 Å². The van der Waals surface area contributed by atoms with Crippen molar-refractivity contribution in [3.05, 3.63) is 58.1 Å². The van der Waals surface area contributed by atoms with E-state index in [0.29, 0.717) is 17.0 Å². The number of anilines is 1. The quantitative estimate of drug-likeness (QED) is 0.523. The molecule has 0 saturated heterocycles. The summed E-state index contributed by atoms with van der Waals surface area (Å²) in [7, 11) is -2.28. The Labute approximate surface area is 156 Å². The second-order valence-electron chi connectivity index (χ2n) is 5.58. The molecule has 0 aliphatic rings. The molecule has 2 rings (SSSR count). The first kappa shape index (κ1) is 20.3. The van der Waals surface area contributed by atoms with Gasteiger partial charge >= 0.3 is 0 Å². The molecule has 0 aromatic heterocycles. The van der Waals surface area contributed by atoms with E-state index in [4.69, 9.17) is 4.74 Å². The summed E-state index contributed by atoms with van der Waals surface area (Å²) in [5.74, 6) is 0.0664. The van der Waals surface area contributed by atoms with Gasteiger partial charge in [-0.3, -0.25) is 14.9 Å². The van der Waals surface area contributed by atoms with Crippen molar-refractivity contribution in [1.29, 1.82) is 0 Å². The molecule has 0 heterocycles. The smallest absolute Gasteiger partial charge is 0.274 e. The second-order valence-corrected chi connectivity index (χ2v) is 7.35. The Hall–Kier alpha value is -2.98. The summed E-state index contributed by atoms with van der Waals surface area (Å²) in [4.78, 5) is 22.5. The number of sulfonamides is 1. The number of rotatable bonds is 8. The molecule has 10 heteroatoms. The number of nitro groups is 1. The first-order chi connectivity index (χ1) is 12.7. The molecule has 0 bridgehead atoms. The number of carbonyl (C=O) groups is 1. The largest absolute Gasteiger partial charge is 0.497 e. The van der Waals surface area contributed by atoms with Gasteiger partial charge in [-0.1, -0.05) is 6.07 Å². The maximum atomic E-state index is 12.2. The van der Waals surface area contributed by atoms with Crippen LogP contribution < -0.4 is 14.8 Å². The third-order valence-corrected chi connectivity index (χ3v) is 5.27. The highest BCUT2D eigenvalue weighted by atomic mass is 32.2. The number of methoxy groups -OCH3 is 1. The average molecular weight is 393 g/mol. The van der Waals surface area contributed by atoms with Crippen LogP contribution in [0.3, 0.4) is 0 Å². The Morgan fingerprint density at radius 1 is 1.19 bits per heavy atom. The lowest BCUT2D eigenvalue weighted by atomic mass is 10.1. The Kier molecular flexibility index (Phi) is 6.48. The van der Waals surface area contributed by atoms with Crippen molar-refractivity contribution < 1.29 is 22.9 Å². The molecule has 144 valence electrons. The fourth-order valence-corrected chi connectivity index (χ4v) is 3.34. The van der Waals surface area contributed by atoms with Crippen LogP contribution in [0.5, 0.6) is 5.75 Å². The Morgan fingerprint density at radius 3 is 2.44 bits per heavy atom. The molecule has 0 unspecified atom stereocenters. The van der Waals surface area contributed by atoms with E-state index in [2.05, 4.69) is 10.0 Å². The van der Waals surface area contributed by atoms with E-state index in [-0.39, 0.29) is 23.5 Å². The van der Waals surface area contributed by atoms with Gasteiger partial charge in [0.25, 0.3) is 5.69 Å². The van der Waals surface area contributed by atoms with Crippen LogP contribution in [0, 0.1) is 17.0 Å². The van der Waals surface area contributed by atoms with Crippen molar-refractivity contribution in [1.82, 2.24) is 4.72 Å². The molecule has 9 nitrogen and oxygen atoms in total. The van der Waals surface area contributed by atoms with Crippen LogP contribution in [0.15, 0.2) is 47.4 Å². The maximum absolute atomic E-state index is 12.2. The monoisotopic (exact) mass is 393 g/mol. The van der Waals surface area contributed by atoms with Gasteiger partial charge in [0.15, 0.2) is 0 Å². The Morgan fingerprint density at radius 2 is 1.85 bits per heavy atom. The van der Waals surface area contributed by atoms with E-state index in [9.17, 15) is 23.3 Å². The SMILES string of the molecule is COc1ccc(S(=O)(=O)NCCC(=O)Nc2cccc([N+](=O)[O-])c2C)cc1. The van der Waals surface area contributed by atoms with Crippen molar-refractivity contribution >= 4 is 27.3 Å². The van der Waals surface area contributed by atoms with Crippen molar-refractivity contribution in [2.75, 3.05) is 19.0 Å². The number of amides is 1. The van der Waals surface area contributed by atoms with Crippen molar-refractivity contribution in [3.63, 3.8) is 0 Å². The molecule has 27 heavy (non-hydrogen) atoms. The fraction of sp³-hybridized carbons (Fsp3) is 0.235. The molecule has 2 aromatic carbocycles. The number of nitrogens with one attached hydrogen (secondary N) is 2. The second kappa shape index (κ2) is 8.60. The van der Waals surface area contributed by atoms with Crippen LogP contribution in [0.25, 0.3) is 0 Å². The summed E-state index contributed by atoms with van der Waals surface area (Å²) in [5, 5.41) is 13.5. The minimum atomic E-state index is -3.75. The van der Waals surface area contributed by atoms with Gasteiger partial charge in [0.1, 0.15) is 5.75 Å². The van der Waals surface area contributed by atoms with Gasteiger partial charge < -0.3 is 10.1 Å². The zero-order chi connectivity index (χ0) is 20.0. The molecular formula is C17H19N3O6S. The highest BCUT2D eigenvalue weighted by Gasteiger charge is 2.16. The molecule has 0 saturated carbocycles. The lowest BCUT2D eigenvalue weighted by Crippen LogP contribution is -2.28. The molecule has 0 atom stereocenters. The van der Waals surface area contributed by atoms with Gasteiger partial charge in [0.05, 0.1) is 28.2 Å². The molecular weight excluding hydrogens is 374 g/mol. The third-order valence-electron chi connectivity index (χ3n) is 3.79. The van der Waals surface area contributed by atoms with Crippen LogP contribution in [-0.4, -0.2) is 32.9 Å². The predicted molar refractivity (Wildman–Crippen MR) is 99.3 cm³/mol. The molecule has 2 aromatic rings. The maximum Gasteiger partial charge on any atom is 0.274 e. The van der Waals surface area contributed by atoms with Gasteiger partial charge in [-0.2, -0.15) is 0 Å². The van der Waals surface area contributed by atoms with E-state index in [1.807, 2.05) is 0 Å². The van der Waals surface area contributed by atoms with Gasteiger partial charge in [0.2, 0.25) is 15.9 Å².